The van der Waals surface area contributed by atoms with Crippen LogP contribution < -0.4 is 4.90 Å². The average molecular weight is 391 g/mol. The molecule has 0 radical (unpaired) electrons. The van der Waals surface area contributed by atoms with Crippen LogP contribution in [0.15, 0.2) is 52.7 Å². The lowest BCUT2D eigenvalue weighted by atomic mass is 10.2. The number of ether oxygens (including phenoxy) is 1. The Morgan fingerprint density at radius 1 is 1.19 bits per heavy atom. The zero-order chi connectivity index (χ0) is 19.8. The van der Waals surface area contributed by atoms with Crippen molar-refractivity contribution in [3.63, 3.8) is 0 Å². The molecule has 0 aliphatic carbocycles. The molecule has 9 heteroatoms. The van der Waals surface area contributed by atoms with Gasteiger partial charge in [-0.15, -0.1) is 5.11 Å². The van der Waals surface area contributed by atoms with Gasteiger partial charge in [0.1, 0.15) is 12.2 Å². The number of likely N-dealkylation sites (N-methyl/N-ethyl adjacent to an activating group) is 1. The molecule has 142 valence electrons. The van der Waals surface area contributed by atoms with Crippen molar-refractivity contribution < 1.29 is 14.5 Å². The molecule has 0 aromatic heterocycles. The average Bonchev–Trinajstić information content (AvgIpc) is 2.65. The van der Waals surface area contributed by atoms with Crippen molar-refractivity contribution in [2.75, 3.05) is 24.6 Å². The number of hydrogen-bond donors (Lipinski definition) is 0. The lowest BCUT2D eigenvalue weighted by Gasteiger charge is -2.21. The molecular formula is C18H19ClN4O4. The molecule has 2 aromatic carbocycles. The van der Waals surface area contributed by atoms with E-state index in [2.05, 4.69) is 10.2 Å². The predicted octanol–water partition coefficient (Wildman–Crippen LogP) is 5.05. The Balaban J connectivity index is 2.09. The van der Waals surface area contributed by atoms with Crippen molar-refractivity contribution in [2.45, 2.75) is 13.8 Å². The van der Waals surface area contributed by atoms with E-state index < -0.39 is 4.92 Å². The van der Waals surface area contributed by atoms with Crippen molar-refractivity contribution in [1.29, 1.82) is 0 Å². The fourth-order valence-electron chi connectivity index (χ4n) is 2.28. The molecule has 2 rings (SSSR count). The zero-order valence-electron chi connectivity index (χ0n) is 15.0. The largest absolute Gasteiger partial charge is 0.465 e. The maximum atomic E-state index is 11.7. The lowest BCUT2D eigenvalue weighted by Crippen LogP contribution is -2.30. The number of nitro benzene ring substituents is 1. The Morgan fingerprint density at radius 2 is 1.89 bits per heavy atom. The summed E-state index contributed by atoms with van der Waals surface area (Å²) in [6.45, 7) is 4.89. The first-order chi connectivity index (χ1) is 12.9. The van der Waals surface area contributed by atoms with E-state index in [1.165, 1.54) is 18.2 Å². The third kappa shape index (κ3) is 5.75. The molecule has 0 N–H and O–H groups in total. The number of carbonyl (C=O) groups excluding carboxylic acids is 1. The van der Waals surface area contributed by atoms with Crippen LogP contribution in [0.2, 0.25) is 5.02 Å². The molecule has 0 spiro atoms. The quantitative estimate of drug-likeness (QED) is 0.272. The number of halogens is 1. The van der Waals surface area contributed by atoms with Gasteiger partial charge in [0.05, 0.1) is 22.2 Å². The van der Waals surface area contributed by atoms with E-state index in [1.807, 2.05) is 24.0 Å². The van der Waals surface area contributed by atoms with E-state index in [4.69, 9.17) is 16.3 Å². The standard InChI is InChI=1S/C18H19ClN4O4/c1-3-22(12-18(24)27-4-2)14-7-5-13(6-8-14)20-21-17-10-9-15(23(25)26)11-16(17)19/h5-11H,3-4,12H2,1-2H3/b21-20+. The summed E-state index contributed by atoms with van der Waals surface area (Å²) >= 11 is 5.99. The van der Waals surface area contributed by atoms with Crippen LogP contribution in [0.25, 0.3) is 0 Å². The molecule has 8 nitrogen and oxygen atoms in total. The second-order valence-corrected chi connectivity index (χ2v) is 5.84. The Morgan fingerprint density at radius 3 is 2.44 bits per heavy atom. The van der Waals surface area contributed by atoms with Crippen LogP contribution in [0.1, 0.15) is 13.8 Å². The van der Waals surface area contributed by atoms with Crippen LogP contribution in [0.4, 0.5) is 22.7 Å². The summed E-state index contributed by atoms with van der Waals surface area (Å²) in [6.07, 6.45) is 0. The summed E-state index contributed by atoms with van der Waals surface area (Å²) in [6, 6.07) is 11.2. The van der Waals surface area contributed by atoms with Gasteiger partial charge in [0.15, 0.2) is 0 Å². The Bertz CT molecular complexity index is 840. The molecule has 0 amide bonds. The van der Waals surface area contributed by atoms with E-state index in [0.29, 0.717) is 24.5 Å². The van der Waals surface area contributed by atoms with Crippen LogP contribution in [0, 0.1) is 10.1 Å². The predicted molar refractivity (Wildman–Crippen MR) is 103 cm³/mol. The van der Waals surface area contributed by atoms with Crippen LogP contribution >= 0.6 is 11.6 Å². The number of nitrogens with zero attached hydrogens (tertiary/aromatic N) is 4. The van der Waals surface area contributed by atoms with Gasteiger partial charge >= 0.3 is 5.97 Å². The Hall–Kier alpha value is -3.00. The highest BCUT2D eigenvalue weighted by molar-refractivity contribution is 6.33. The van der Waals surface area contributed by atoms with E-state index in [0.717, 1.165) is 5.69 Å². The van der Waals surface area contributed by atoms with Gasteiger partial charge in [-0.2, -0.15) is 5.11 Å². The highest BCUT2D eigenvalue weighted by Gasteiger charge is 2.11. The Kier molecular flexibility index (Phi) is 7.25. The summed E-state index contributed by atoms with van der Waals surface area (Å²) < 4.78 is 4.97. The number of rotatable bonds is 8. The SMILES string of the molecule is CCOC(=O)CN(CC)c1ccc(/N=N/c2ccc([N+](=O)[O-])cc2Cl)cc1. The van der Waals surface area contributed by atoms with E-state index >= 15 is 0 Å². The summed E-state index contributed by atoms with van der Waals surface area (Å²) in [5, 5.41) is 19.0. The third-order valence-corrected chi connectivity index (χ3v) is 3.94. The second-order valence-electron chi connectivity index (χ2n) is 5.43. The van der Waals surface area contributed by atoms with Crippen LogP contribution in [-0.4, -0.2) is 30.6 Å². The molecule has 2 aromatic rings. The minimum Gasteiger partial charge on any atom is -0.465 e. The fraction of sp³-hybridized carbons (Fsp3) is 0.278. The lowest BCUT2D eigenvalue weighted by molar-refractivity contribution is -0.384. The fourth-order valence-corrected chi connectivity index (χ4v) is 2.49. The second kappa shape index (κ2) is 9.63. The molecule has 0 atom stereocenters. The minimum absolute atomic E-state index is 0.107. The van der Waals surface area contributed by atoms with Gasteiger partial charge in [0, 0.05) is 24.4 Å². The minimum atomic E-state index is -0.526. The van der Waals surface area contributed by atoms with Gasteiger partial charge in [-0.1, -0.05) is 11.6 Å². The number of anilines is 1. The number of carbonyl (C=O) groups is 1. The first-order valence-electron chi connectivity index (χ1n) is 8.31. The molecule has 0 heterocycles. The summed E-state index contributed by atoms with van der Waals surface area (Å²) in [5.74, 6) is -0.282. The summed E-state index contributed by atoms with van der Waals surface area (Å²) in [5.41, 5.74) is 1.67. The number of benzene rings is 2. The smallest absolute Gasteiger partial charge is 0.325 e. The topological polar surface area (TPSA) is 97.4 Å². The molecule has 0 bridgehead atoms. The van der Waals surface area contributed by atoms with Crippen molar-refractivity contribution in [3.8, 4) is 0 Å². The number of non-ortho nitro benzene ring substituents is 1. The van der Waals surface area contributed by atoms with Gasteiger partial charge in [-0.3, -0.25) is 14.9 Å². The normalized spacial score (nSPS) is 10.8. The number of hydrogen-bond acceptors (Lipinski definition) is 7. The van der Waals surface area contributed by atoms with E-state index in [1.54, 1.807) is 19.1 Å². The first kappa shape index (κ1) is 20.3. The molecule has 0 aliphatic rings. The van der Waals surface area contributed by atoms with Gasteiger partial charge < -0.3 is 9.64 Å². The number of nitro groups is 1. The molecule has 0 saturated heterocycles. The van der Waals surface area contributed by atoms with E-state index in [9.17, 15) is 14.9 Å². The number of azo groups is 1. The first-order valence-corrected chi connectivity index (χ1v) is 8.68. The van der Waals surface area contributed by atoms with Gasteiger partial charge in [-0.05, 0) is 44.2 Å². The van der Waals surface area contributed by atoms with Crippen molar-refractivity contribution in [2.24, 2.45) is 10.2 Å². The van der Waals surface area contributed by atoms with Gasteiger partial charge in [0.2, 0.25) is 0 Å². The molecular weight excluding hydrogens is 372 g/mol. The molecule has 0 unspecified atom stereocenters. The van der Waals surface area contributed by atoms with E-state index in [-0.39, 0.29) is 23.2 Å². The maximum Gasteiger partial charge on any atom is 0.325 e. The molecule has 0 aliphatic heterocycles. The number of esters is 1. The highest BCUT2D eigenvalue weighted by Crippen LogP contribution is 2.30. The van der Waals surface area contributed by atoms with Crippen molar-refractivity contribution in [3.05, 3.63) is 57.6 Å². The Labute approximate surface area is 161 Å². The van der Waals surface area contributed by atoms with Crippen molar-refractivity contribution in [1.82, 2.24) is 0 Å². The molecule has 0 fully saturated rings. The molecule has 27 heavy (non-hydrogen) atoms. The van der Waals surface area contributed by atoms with Crippen molar-refractivity contribution >= 4 is 40.3 Å². The van der Waals surface area contributed by atoms with Gasteiger partial charge in [0.25, 0.3) is 5.69 Å². The van der Waals surface area contributed by atoms with Gasteiger partial charge in [-0.25, -0.2) is 0 Å². The zero-order valence-corrected chi connectivity index (χ0v) is 15.7. The monoisotopic (exact) mass is 390 g/mol. The highest BCUT2D eigenvalue weighted by atomic mass is 35.5. The van der Waals surface area contributed by atoms with Crippen LogP contribution in [0.3, 0.4) is 0 Å². The molecule has 0 saturated carbocycles. The maximum absolute atomic E-state index is 11.7. The summed E-state index contributed by atoms with van der Waals surface area (Å²) in [7, 11) is 0. The van der Waals surface area contributed by atoms with Crippen LogP contribution in [-0.2, 0) is 9.53 Å². The summed E-state index contributed by atoms with van der Waals surface area (Å²) in [4.78, 5) is 23.7. The third-order valence-electron chi connectivity index (χ3n) is 3.64. The van der Waals surface area contributed by atoms with Crippen LogP contribution in [0.5, 0.6) is 0 Å².